The predicted octanol–water partition coefficient (Wildman–Crippen LogP) is 3.79. The van der Waals surface area contributed by atoms with Crippen molar-refractivity contribution in [3.05, 3.63) is 46.4 Å². The number of phenols is 1. The molecule has 1 N–H and O–H groups in total. The van der Waals surface area contributed by atoms with Gasteiger partial charge in [0.25, 0.3) is 0 Å². The number of benzene rings is 1. The van der Waals surface area contributed by atoms with Crippen molar-refractivity contribution in [2.24, 2.45) is 0 Å². The summed E-state index contributed by atoms with van der Waals surface area (Å²) in [6.45, 7) is 3.92. The molecule has 1 atom stereocenters. The van der Waals surface area contributed by atoms with Gasteiger partial charge in [0, 0.05) is 10.9 Å². The number of hydrogen-bond donors (Lipinski definition) is 1. The number of para-hydroxylation sites is 1. The number of rotatable bonds is 5. The topological polar surface area (TPSA) is 50.2 Å². The van der Waals surface area contributed by atoms with Crippen LogP contribution in [-0.2, 0) is 5.41 Å². The number of carbonyl (C=O) groups is 1. The van der Waals surface area contributed by atoms with E-state index in [2.05, 4.69) is 4.98 Å². The molecule has 0 aliphatic carbocycles. The van der Waals surface area contributed by atoms with Gasteiger partial charge in [-0.15, -0.1) is 11.3 Å². The third kappa shape index (κ3) is 2.54. The maximum absolute atomic E-state index is 12.7. The van der Waals surface area contributed by atoms with Gasteiger partial charge in [-0.25, -0.2) is 4.98 Å². The summed E-state index contributed by atoms with van der Waals surface area (Å²) in [6.07, 6.45) is 1.54. The number of nitrogens with zero attached hydrogens (tertiary/aromatic N) is 1. The van der Waals surface area contributed by atoms with E-state index in [0.29, 0.717) is 17.7 Å². The lowest BCUT2D eigenvalue weighted by Gasteiger charge is -2.28. The first-order chi connectivity index (χ1) is 9.09. The SMILES string of the molecule is CCCC(C)(C(=O)c1cscn1)c1ccccc1O. The largest absolute Gasteiger partial charge is 0.508 e. The van der Waals surface area contributed by atoms with E-state index in [1.165, 1.54) is 11.3 Å². The molecular formula is C15H17NO2S. The van der Waals surface area contributed by atoms with E-state index in [0.717, 1.165) is 6.42 Å². The summed E-state index contributed by atoms with van der Waals surface area (Å²) in [4.78, 5) is 16.8. The Morgan fingerprint density at radius 2 is 2.16 bits per heavy atom. The fourth-order valence-electron chi connectivity index (χ4n) is 2.42. The summed E-state index contributed by atoms with van der Waals surface area (Å²) in [6, 6.07) is 7.04. The monoisotopic (exact) mass is 275 g/mol. The first-order valence-corrected chi connectivity index (χ1v) is 7.25. The normalized spacial score (nSPS) is 14.0. The summed E-state index contributed by atoms with van der Waals surface area (Å²) in [5.74, 6) is 0.138. The van der Waals surface area contributed by atoms with Gasteiger partial charge in [0.05, 0.1) is 10.9 Å². The summed E-state index contributed by atoms with van der Waals surface area (Å²) in [7, 11) is 0. The highest BCUT2D eigenvalue weighted by atomic mass is 32.1. The van der Waals surface area contributed by atoms with Crippen molar-refractivity contribution in [1.82, 2.24) is 4.98 Å². The molecule has 2 rings (SSSR count). The van der Waals surface area contributed by atoms with Crippen molar-refractivity contribution in [2.45, 2.75) is 32.1 Å². The second-order valence-electron chi connectivity index (χ2n) is 4.80. The molecule has 3 nitrogen and oxygen atoms in total. The number of ketones is 1. The molecule has 100 valence electrons. The average molecular weight is 275 g/mol. The van der Waals surface area contributed by atoms with Crippen LogP contribution in [-0.4, -0.2) is 15.9 Å². The highest BCUT2D eigenvalue weighted by molar-refractivity contribution is 7.07. The van der Waals surface area contributed by atoms with Gasteiger partial charge >= 0.3 is 0 Å². The number of aromatic nitrogens is 1. The lowest BCUT2D eigenvalue weighted by molar-refractivity contribution is 0.0880. The Hall–Kier alpha value is -1.68. The molecule has 0 aliphatic rings. The van der Waals surface area contributed by atoms with Crippen LogP contribution in [0.5, 0.6) is 5.75 Å². The Balaban J connectivity index is 2.49. The molecule has 0 amide bonds. The van der Waals surface area contributed by atoms with Crippen molar-refractivity contribution in [3.8, 4) is 5.75 Å². The average Bonchev–Trinajstić information content (AvgIpc) is 2.92. The molecule has 0 bridgehead atoms. The first-order valence-electron chi connectivity index (χ1n) is 6.31. The van der Waals surface area contributed by atoms with Crippen LogP contribution in [0, 0.1) is 0 Å². The number of Topliss-reactive ketones (excluding diaryl/α,β-unsaturated/α-hetero) is 1. The molecule has 0 saturated heterocycles. The fraction of sp³-hybridized carbons (Fsp3) is 0.333. The molecular weight excluding hydrogens is 258 g/mol. The van der Waals surface area contributed by atoms with E-state index in [1.54, 1.807) is 23.0 Å². The minimum absolute atomic E-state index is 0.0305. The standard InChI is InChI=1S/C15H17NO2S/c1-3-8-15(2,11-6-4-5-7-13(11)17)14(18)12-9-19-10-16-12/h4-7,9-10,17H,3,8H2,1-2H3. The zero-order chi connectivity index (χ0) is 13.9. The van der Waals surface area contributed by atoms with E-state index in [9.17, 15) is 9.90 Å². The number of carbonyl (C=O) groups excluding carboxylic acids is 1. The second kappa shape index (κ2) is 5.53. The lowest BCUT2D eigenvalue weighted by atomic mass is 9.74. The summed E-state index contributed by atoms with van der Waals surface area (Å²) < 4.78 is 0. The van der Waals surface area contributed by atoms with Gasteiger partial charge in [-0.2, -0.15) is 0 Å². The predicted molar refractivity (Wildman–Crippen MR) is 76.8 cm³/mol. The lowest BCUT2D eigenvalue weighted by Crippen LogP contribution is -2.33. The number of hydrogen-bond acceptors (Lipinski definition) is 4. The zero-order valence-electron chi connectivity index (χ0n) is 11.1. The number of thiazole rings is 1. The van der Waals surface area contributed by atoms with Crippen LogP contribution in [0.25, 0.3) is 0 Å². The highest BCUT2D eigenvalue weighted by Gasteiger charge is 2.37. The van der Waals surface area contributed by atoms with Crippen LogP contribution in [0.15, 0.2) is 35.2 Å². The molecule has 1 heterocycles. The Kier molecular flexibility index (Phi) is 4.00. The van der Waals surface area contributed by atoms with E-state index >= 15 is 0 Å². The van der Waals surface area contributed by atoms with Crippen molar-refractivity contribution in [1.29, 1.82) is 0 Å². The van der Waals surface area contributed by atoms with Gasteiger partial charge in [-0.1, -0.05) is 31.5 Å². The van der Waals surface area contributed by atoms with Crippen LogP contribution >= 0.6 is 11.3 Å². The van der Waals surface area contributed by atoms with Gasteiger partial charge in [0.15, 0.2) is 5.78 Å². The van der Waals surface area contributed by atoms with Gasteiger partial charge in [0.2, 0.25) is 0 Å². The van der Waals surface area contributed by atoms with Crippen molar-refractivity contribution in [2.75, 3.05) is 0 Å². The maximum Gasteiger partial charge on any atom is 0.192 e. The van der Waals surface area contributed by atoms with Gasteiger partial charge in [-0.05, 0) is 19.4 Å². The molecule has 4 heteroatoms. The Morgan fingerprint density at radius 3 is 2.74 bits per heavy atom. The zero-order valence-corrected chi connectivity index (χ0v) is 11.9. The van der Waals surface area contributed by atoms with Crippen molar-refractivity contribution in [3.63, 3.8) is 0 Å². The smallest absolute Gasteiger partial charge is 0.192 e. The molecule has 2 aromatic rings. The van der Waals surface area contributed by atoms with Crippen molar-refractivity contribution >= 4 is 17.1 Å². The third-order valence-electron chi connectivity index (χ3n) is 3.41. The summed E-state index contributed by atoms with van der Waals surface area (Å²) >= 11 is 1.41. The highest BCUT2D eigenvalue weighted by Crippen LogP contribution is 2.37. The molecule has 0 spiro atoms. The van der Waals surface area contributed by atoms with E-state index in [-0.39, 0.29) is 11.5 Å². The van der Waals surface area contributed by atoms with Gasteiger partial charge in [-0.3, -0.25) is 4.79 Å². The minimum atomic E-state index is -0.728. The molecule has 1 aromatic heterocycles. The van der Waals surface area contributed by atoms with Crippen molar-refractivity contribution < 1.29 is 9.90 Å². The summed E-state index contributed by atoms with van der Waals surface area (Å²) in [5.41, 5.74) is 2.08. The number of aromatic hydroxyl groups is 1. The maximum atomic E-state index is 12.7. The Bertz CT molecular complexity index is 565. The third-order valence-corrected chi connectivity index (χ3v) is 4.00. The minimum Gasteiger partial charge on any atom is -0.508 e. The van der Waals surface area contributed by atoms with Gasteiger partial charge < -0.3 is 5.11 Å². The fourth-order valence-corrected chi connectivity index (χ4v) is 2.95. The van der Waals surface area contributed by atoms with Crippen LogP contribution < -0.4 is 0 Å². The molecule has 19 heavy (non-hydrogen) atoms. The second-order valence-corrected chi connectivity index (χ2v) is 5.52. The Labute approximate surface area is 116 Å². The first kappa shape index (κ1) is 13.7. The molecule has 0 aliphatic heterocycles. The Morgan fingerprint density at radius 1 is 1.42 bits per heavy atom. The quantitative estimate of drug-likeness (QED) is 0.845. The molecule has 0 saturated carbocycles. The van der Waals surface area contributed by atoms with E-state index < -0.39 is 5.41 Å². The van der Waals surface area contributed by atoms with Crippen LogP contribution in [0.1, 0.15) is 42.7 Å². The van der Waals surface area contributed by atoms with E-state index in [4.69, 9.17) is 0 Å². The van der Waals surface area contributed by atoms with Crippen LogP contribution in [0.4, 0.5) is 0 Å². The molecule has 0 radical (unpaired) electrons. The molecule has 0 fully saturated rings. The molecule has 1 unspecified atom stereocenters. The van der Waals surface area contributed by atoms with Crippen LogP contribution in [0.2, 0.25) is 0 Å². The molecule has 1 aromatic carbocycles. The van der Waals surface area contributed by atoms with Crippen LogP contribution in [0.3, 0.4) is 0 Å². The van der Waals surface area contributed by atoms with E-state index in [1.807, 2.05) is 26.0 Å². The summed E-state index contributed by atoms with van der Waals surface area (Å²) in [5, 5.41) is 11.8. The van der Waals surface area contributed by atoms with Gasteiger partial charge in [0.1, 0.15) is 11.4 Å². The number of phenolic OH excluding ortho intramolecular Hbond substituents is 1.